The molecule has 1 fully saturated rings. The summed E-state index contributed by atoms with van der Waals surface area (Å²) in [5, 5.41) is 2.68. The second-order valence-corrected chi connectivity index (χ2v) is 9.06. The van der Waals surface area contributed by atoms with Gasteiger partial charge in [0.1, 0.15) is 4.21 Å². The topological polar surface area (TPSA) is 66.5 Å². The van der Waals surface area contributed by atoms with Gasteiger partial charge in [-0.15, -0.1) is 11.3 Å². The Bertz CT molecular complexity index is 560. The molecule has 112 valence electrons. The monoisotopic (exact) mass is 334 g/mol. The molecule has 5 nitrogen and oxygen atoms in total. The predicted octanol–water partition coefficient (Wildman–Crippen LogP) is 1.51. The third kappa shape index (κ3) is 3.97. The van der Waals surface area contributed by atoms with E-state index >= 15 is 0 Å². The first kappa shape index (κ1) is 15.8. The number of nitrogens with one attached hydrogen (secondary N) is 1. The van der Waals surface area contributed by atoms with Crippen LogP contribution in [0.3, 0.4) is 0 Å². The average molecular weight is 334 g/mol. The summed E-state index contributed by atoms with van der Waals surface area (Å²) in [6.07, 6.45) is 0.897. The molecule has 2 rings (SSSR count). The predicted molar refractivity (Wildman–Crippen MR) is 82.5 cm³/mol. The minimum Gasteiger partial charge on any atom is -0.351 e. The van der Waals surface area contributed by atoms with Crippen molar-refractivity contribution < 1.29 is 13.2 Å². The van der Waals surface area contributed by atoms with Crippen molar-refractivity contribution in [1.29, 1.82) is 0 Å². The highest BCUT2D eigenvalue weighted by atomic mass is 32.2. The molecule has 0 radical (unpaired) electrons. The number of hydrogen-bond acceptors (Lipinski definition) is 5. The fourth-order valence-electron chi connectivity index (χ4n) is 1.89. The molecule has 1 aromatic rings. The van der Waals surface area contributed by atoms with Gasteiger partial charge in [-0.2, -0.15) is 16.1 Å². The van der Waals surface area contributed by atoms with Crippen LogP contribution in [0.25, 0.3) is 0 Å². The first-order chi connectivity index (χ1) is 9.50. The van der Waals surface area contributed by atoms with E-state index in [0.29, 0.717) is 23.8 Å². The van der Waals surface area contributed by atoms with E-state index in [2.05, 4.69) is 5.32 Å². The molecule has 1 aromatic heterocycles. The second-order valence-electron chi connectivity index (χ2n) is 4.50. The Kier molecular flexibility index (Phi) is 5.48. The number of sulfonamides is 1. The van der Waals surface area contributed by atoms with Gasteiger partial charge in [-0.05, 0) is 24.3 Å². The maximum absolute atomic E-state index is 12.5. The summed E-state index contributed by atoms with van der Waals surface area (Å²) in [5.74, 6) is 1.75. The Morgan fingerprint density at radius 3 is 2.90 bits per heavy atom. The molecule has 2 heterocycles. The van der Waals surface area contributed by atoms with Crippen molar-refractivity contribution in [1.82, 2.24) is 9.62 Å². The number of hydrogen-bond donors (Lipinski definition) is 1. The van der Waals surface area contributed by atoms with Gasteiger partial charge in [0.2, 0.25) is 5.91 Å². The highest BCUT2D eigenvalue weighted by Crippen LogP contribution is 2.26. The van der Waals surface area contributed by atoms with Gasteiger partial charge in [-0.1, -0.05) is 0 Å². The van der Waals surface area contributed by atoms with E-state index in [-0.39, 0.29) is 5.91 Å². The van der Waals surface area contributed by atoms with Crippen molar-refractivity contribution in [2.24, 2.45) is 0 Å². The highest BCUT2D eigenvalue weighted by Gasteiger charge is 2.26. The van der Waals surface area contributed by atoms with E-state index in [4.69, 9.17) is 0 Å². The van der Waals surface area contributed by atoms with E-state index < -0.39 is 10.0 Å². The number of amides is 1. The Morgan fingerprint density at radius 2 is 2.15 bits per heavy atom. The highest BCUT2D eigenvalue weighted by molar-refractivity contribution is 7.99. The minimum absolute atomic E-state index is 0.118. The van der Waals surface area contributed by atoms with Crippen molar-refractivity contribution in [2.75, 3.05) is 24.6 Å². The Labute approximate surface area is 127 Å². The first-order valence-electron chi connectivity index (χ1n) is 6.41. The van der Waals surface area contributed by atoms with Crippen LogP contribution in [0.2, 0.25) is 0 Å². The Hall–Kier alpha value is -0.570. The Balaban J connectivity index is 2.10. The third-order valence-corrected chi connectivity index (χ3v) is 7.42. The zero-order valence-electron chi connectivity index (χ0n) is 11.3. The average Bonchev–Trinajstić information content (AvgIpc) is 2.70. The van der Waals surface area contributed by atoms with E-state index in [1.165, 1.54) is 18.3 Å². The molecule has 0 bridgehead atoms. The smallest absolute Gasteiger partial charge is 0.252 e. The fraction of sp³-hybridized carbons (Fsp3) is 0.583. The van der Waals surface area contributed by atoms with Gasteiger partial charge in [0.15, 0.2) is 0 Å². The fourth-order valence-corrected chi connectivity index (χ4v) is 5.83. The van der Waals surface area contributed by atoms with Crippen LogP contribution in [0.1, 0.15) is 18.2 Å². The molecule has 1 aliphatic heterocycles. The van der Waals surface area contributed by atoms with Crippen molar-refractivity contribution in [3.63, 3.8) is 0 Å². The molecular weight excluding hydrogens is 316 g/mol. The maximum atomic E-state index is 12.5. The lowest BCUT2D eigenvalue weighted by atomic mass is 10.4. The van der Waals surface area contributed by atoms with Gasteiger partial charge in [-0.25, -0.2) is 8.42 Å². The summed E-state index contributed by atoms with van der Waals surface area (Å²) >= 11 is 3.03. The van der Waals surface area contributed by atoms with Crippen molar-refractivity contribution >= 4 is 39.0 Å². The summed E-state index contributed by atoms with van der Waals surface area (Å²) in [6, 6.07) is 3.40. The van der Waals surface area contributed by atoms with Crippen LogP contribution >= 0.6 is 23.1 Å². The van der Waals surface area contributed by atoms with Gasteiger partial charge in [0, 0.05) is 30.6 Å². The van der Waals surface area contributed by atoms with Gasteiger partial charge in [0.05, 0.1) is 6.54 Å². The van der Waals surface area contributed by atoms with Crippen LogP contribution in [0.4, 0.5) is 0 Å². The summed E-state index contributed by atoms with van der Waals surface area (Å²) in [7, 11) is -3.38. The van der Waals surface area contributed by atoms with Gasteiger partial charge < -0.3 is 5.32 Å². The molecular formula is C12H18N2O3S3. The van der Waals surface area contributed by atoms with E-state index in [1.54, 1.807) is 28.2 Å². The largest absolute Gasteiger partial charge is 0.351 e. The third-order valence-electron chi connectivity index (χ3n) is 2.92. The number of carbonyl (C=O) groups excluding carboxylic acids is 1. The van der Waals surface area contributed by atoms with Crippen LogP contribution in [-0.4, -0.2) is 43.2 Å². The lowest BCUT2D eigenvalue weighted by Gasteiger charge is -2.18. The minimum atomic E-state index is -3.38. The molecule has 0 spiro atoms. The van der Waals surface area contributed by atoms with E-state index in [1.807, 2.05) is 0 Å². The number of thioether (sulfide) groups is 1. The quantitative estimate of drug-likeness (QED) is 0.906. The number of carbonyl (C=O) groups is 1. The number of rotatable bonds is 4. The molecule has 20 heavy (non-hydrogen) atoms. The first-order valence-corrected chi connectivity index (χ1v) is 9.82. The number of nitrogens with zero attached hydrogens (tertiary/aromatic N) is 1. The molecule has 1 N–H and O–H groups in total. The van der Waals surface area contributed by atoms with Crippen LogP contribution < -0.4 is 5.32 Å². The van der Waals surface area contributed by atoms with Crippen LogP contribution in [0.15, 0.2) is 16.3 Å². The van der Waals surface area contributed by atoms with Crippen molar-refractivity contribution in [3.05, 3.63) is 17.0 Å². The van der Waals surface area contributed by atoms with E-state index in [9.17, 15) is 13.2 Å². The normalized spacial score (nSPS) is 17.6. The molecule has 0 aromatic carbocycles. The summed E-state index contributed by atoms with van der Waals surface area (Å²) in [6.45, 7) is 2.99. The molecule has 0 unspecified atom stereocenters. The molecule has 1 saturated heterocycles. The molecule has 8 heteroatoms. The van der Waals surface area contributed by atoms with E-state index in [0.717, 1.165) is 22.8 Å². The molecule has 0 saturated carbocycles. The summed E-state index contributed by atoms with van der Waals surface area (Å²) < 4.78 is 27.0. The number of thiophene rings is 1. The molecule has 1 amide bonds. The van der Waals surface area contributed by atoms with Gasteiger partial charge >= 0.3 is 0 Å². The lowest BCUT2D eigenvalue weighted by Crippen LogP contribution is -2.32. The molecule has 1 aliphatic rings. The van der Waals surface area contributed by atoms with Crippen LogP contribution in [0.5, 0.6) is 0 Å². The standard InChI is InChI=1S/C12H18N2O3S3/c1-10(15)13-9-11-3-4-12(19-11)20(16,17)14-5-2-7-18-8-6-14/h3-4H,2,5-9H2,1H3,(H,13,15). The Morgan fingerprint density at radius 1 is 1.35 bits per heavy atom. The van der Waals surface area contributed by atoms with Gasteiger partial charge in [0.25, 0.3) is 10.0 Å². The maximum Gasteiger partial charge on any atom is 0.252 e. The van der Waals surface area contributed by atoms with Gasteiger partial charge in [-0.3, -0.25) is 4.79 Å². The summed E-state index contributed by atoms with van der Waals surface area (Å²) in [4.78, 5) is 11.7. The molecule has 0 atom stereocenters. The van der Waals surface area contributed by atoms with Crippen molar-refractivity contribution in [3.8, 4) is 0 Å². The second kappa shape index (κ2) is 6.93. The lowest BCUT2D eigenvalue weighted by molar-refractivity contribution is -0.119. The zero-order valence-corrected chi connectivity index (χ0v) is 13.7. The zero-order chi connectivity index (χ0) is 14.6. The SMILES string of the molecule is CC(=O)NCc1ccc(S(=O)(=O)N2CCCSCC2)s1. The molecule has 0 aliphatic carbocycles. The van der Waals surface area contributed by atoms with Crippen molar-refractivity contribution in [2.45, 2.75) is 24.1 Å². The van der Waals surface area contributed by atoms with Crippen LogP contribution in [-0.2, 0) is 21.4 Å². The van der Waals surface area contributed by atoms with Crippen LogP contribution in [0, 0.1) is 0 Å². The summed E-state index contributed by atoms with van der Waals surface area (Å²) in [5.41, 5.74) is 0.